The van der Waals surface area contributed by atoms with Crippen LogP contribution in [0, 0.1) is 0 Å². The maximum absolute atomic E-state index is 12.5. The average Bonchev–Trinajstić information content (AvgIpc) is 3.12. The average molecular weight is 461 g/mol. The van der Waals surface area contributed by atoms with Gasteiger partial charge in [-0.1, -0.05) is 76.6 Å². The summed E-state index contributed by atoms with van der Waals surface area (Å²) in [6.07, 6.45) is 3.87. The fourth-order valence-electron chi connectivity index (χ4n) is 3.75. The lowest BCUT2D eigenvalue weighted by Gasteiger charge is -2.28. The van der Waals surface area contributed by atoms with Crippen molar-refractivity contribution in [3.63, 3.8) is 0 Å². The van der Waals surface area contributed by atoms with Gasteiger partial charge in [-0.05, 0) is 29.8 Å². The van der Waals surface area contributed by atoms with Crippen molar-refractivity contribution in [1.82, 2.24) is 4.57 Å². The van der Waals surface area contributed by atoms with Gasteiger partial charge in [0.1, 0.15) is 12.4 Å². The van der Waals surface area contributed by atoms with Crippen LogP contribution in [-0.2, 0) is 19.7 Å². The van der Waals surface area contributed by atoms with Crippen LogP contribution in [-0.4, -0.2) is 15.4 Å². The number of aryl methyl sites for hydroxylation is 2. The molecule has 1 unspecified atom stereocenters. The van der Waals surface area contributed by atoms with Crippen molar-refractivity contribution in [2.24, 2.45) is 19.1 Å². The minimum atomic E-state index is -1.48. The van der Waals surface area contributed by atoms with Gasteiger partial charge in [0.2, 0.25) is 5.60 Å². The minimum Gasteiger partial charge on any atom is -0.369 e. The maximum atomic E-state index is 12.5. The zero-order valence-electron chi connectivity index (χ0n) is 16.9. The van der Waals surface area contributed by atoms with E-state index in [0.29, 0.717) is 11.5 Å². The highest BCUT2D eigenvalue weighted by atomic mass is 79.9. The van der Waals surface area contributed by atoms with Gasteiger partial charge < -0.3 is 5.11 Å². The number of aliphatic imine (C=N–C) groups is 1. The van der Waals surface area contributed by atoms with E-state index < -0.39 is 5.60 Å². The summed E-state index contributed by atoms with van der Waals surface area (Å²) in [5.74, 6) is 0.711. The summed E-state index contributed by atoms with van der Waals surface area (Å²) in [7, 11) is 3.87. The molecule has 0 fully saturated rings. The van der Waals surface area contributed by atoms with Gasteiger partial charge in [0.25, 0.3) is 5.82 Å². The van der Waals surface area contributed by atoms with Crippen molar-refractivity contribution in [1.29, 1.82) is 0 Å². The molecule has 1 N–H and O–H groups in total. The van der Waals surface area contributed by atoms with E-state index in [1.165, 1.54) is 0 Å². The first kappa shape index (κ1) is 20.3. The second-order valence-electron chi connectivity index (χ2n) is 7.22. The van der Waals surface area contributed by atoms with E-state index in [1.807, 2.05) is 121 Å². The highest BCUT2D eigenvalue weighted by molar-refractivity contribution is 9.10. The third-order valence-electron chi connectivity index (χ3n) is 5.15. The van der Waals surface area contributed by atoms with Crippen LogP contribution in [0.1, 0.15) is 17.0 Å². The molecule has 1 aromatic heterocycles. The quantitative estimate of drug-likeness (QED) is 0.341. The number of hydrogen-bond acceptors (Lipinski definition) is 2. The van der Waals surface area contributed by atoms with Crippen molar-refractivity contribution >= 4 is 27.3 Å². The topological polar surface area (TPSA) is 41.4 Å². The first-order chi connectivity index (χ1) is 14.5. The van der Waals surface area contributed by atoms with Crippen LogP contribution in [0.15, 0.2) is 107 Å². The number of para-hydroxylation sites is 1. The summed E-state index contributed by atoms with van der Waals surface area (Å²) in [4.78, 5) is 4.97. The van der Waals surface area contributed by atoms with E-state index in [2.05, 4.69) is 15.9 Å². The molecule has 4 aromatic rings. The molecule has 3 aromatic carbocycles. The smallest absolute Gasteiger partial charge is 0.299 e. The minimum absolute atomic E-state index is 0.564. The predicted molar refractivity (Wildman–Crippen MR) is 123 cm³/mol. The number of rotatable bonds is 5. The molecule has 150 valence electrons. The van der Waals surface area contributed by atoms with Gasteiger partial charge in [0.15, 0.2) is 0 Å². The van der Waals surface area contributed by atoms with E-state index in [4.69, 9.17) is 4.99 Å². The number of hydrogen-bond donors (Lipinski definition) is 1. The van der Waals surface area contributed by atoms with Crippen LogP contribution in [0.25, 0.3) is 0 Å². The molecule has 5 heteroatoms. The summed E-state index contributed by atoms with van der Waals surface area (Å²) < 4.78 is 4.82. The molecule has 4 nitrogen and oxygen atoms in total. The van der Waals surface area contributed by atoms with Gasteiger partial charge in [-0.2, -0.15) is 0 Å². The third kappa shape index (κ3) is 3.74. The monoisotopic (exact) mass is 460 g/mol. The van der Waals surface area contributed by atoms with E-state index in [0.717, 1.165) is 21.3 Å². The van der Waals surface area contributed by atoms with Gasteiger partial charge in [-0.25, -0.2) is 14.1 Å². The first-order valence-corrected chi connectivity index (χ1v) is 10.5. The molecule has 0 saturated carbocycles. The summed E-state index contributed by atoms with van der Waals surface area (Å²) in [5, 5.41) is 12.5. The SMILES string of the molecule is Cn1cc[n+](C)c1C(O)(C(=Nc1ccccc1)c1ccccc1)c1ccc(Br)cc1. The van der Waals surface area contributed by atoms with Crippen LogP contribution < -0.4 is 4.57 Å². The molecular weight excluding hydrogens is 438 g/mol. The molecule has 0 amide bonds. The summed E-state index contributed by atoms with van der Waals surface area (Å²) in [5.41, 5.74) is 1.46. The normalized spacial score (nSPS) is 13.8. The Hall–Kier alpha value is -3.02. The van der Waals surface area contributed by atoms with Gasteiger partial charge >= 0.3 is 0 Å². The molecule has 0 radical (unpaired) electrons. The van der Waals surface area contributed by atoms with Crippen LogP contribution in [0.4, 0.5) is 5.69 Å². The molecule has 0 aliphatic heterocycles. The lowest BCUT2D eigenvalue weighted by molar-refractivity contribution is -0.683. The molecule has 1 heterocycles. The molecule has 0 spiro atoms. The Morgan fingerprint density at radius 1 is 0.933 bits per heavy atom. The molecule has 1 atom stereocenters. The van der Waals surface area contributed by atoms with Crippen molar-refractivity contribution in [3.8, 4) is 0 Å². The maximum Gasteiger partial charge on any atom is 0.299 e. The Balaban J connectivity index is 2.06. The molecule has 0 saturated heterocycles. The second-order valence-corrected chi connectivity index (χ2v) is 8.14. The van der Waals surface area contributed by atoms with E-state index >= 15 is 0 Å². The number of benzene rings is 3. The molecule has 0 aliphatic rings. The van der Waals surface area contributed by atoms with Gasteiger partial charge in [0.05, 0.1) is 25.5 Å². The zero-order chi connectivity index (χ0) is 21.1. The van der Waals surface area contributed by atoms with Crippen LogP contribution in [0.5, 0.6) is 0 Å². The number of aromatic nitrogens is 2. The number of nitrogens with zero attached hydrogens (tertiary/aromatic N) is 3. The van der Waals surface area contributed by atoms with Crippen LogP contribution in [0.3, 0.4) is 0 Å². The van der Waals surface area contributed by atoms with E-state index in [-0.39, 0.29) is 0 Å². The van der Waals surface area contributed by atoms with Crippen LogP contribution >= 0.6 is 15.9 Å². The number of halogens is 1. The summed E-state index contributed by atoms with van der Waals surface area (Å²) >= 11 is 3.50. The number of imidazole rings is 1. The van der Waals surface area contributed by atoms with Crippen molar-refractivity contribution in [2.75, 3.05) is 0 Å². The van der Waals surface area contributed by atoms with Gasteiger partial charge in [-0.3, -0.25) is 0 Å². The fourth-order valence-corrected chi connectivity index (χ4v) is 4.01. The zero-order valence-corrected chi connectivity index (χ0v) is 18.5. The molecular formula is C25H23BrN3O+. The molecule has 30 heavy (non-hydrogen) atoms. The largest absolute Gasteiger partial charge is 0.369 e. The Labute approximate surface area is 184 Å². The van der Waals surface area contributed by atoms with Crippen molar-refractivity contribution in [3.05, 3.63) is 119 Å². The predicted octanol–water partition coefficient (Wildman–Crippen LogP) is 4.67. The number of aliphatic hydroxyl groups is 1. The second kappa shape index (κ2) is 8.38. The molecule has 4 rings (SSSR count). The standard InChI is InChI=1S/C25H23BrN3O/c1-28-17-18-29(2)24(28)25(30,20-13-15-21(26)16-14-20)23(19-9-5-3-6-10-19)27-22-11-7-4-8-12-22/h3-18,30H,1-2H3/q+1. The van der Waals surface area contributed by atoms with Gasteiger partial charge in [0, 0.05) is 10.0 Å². The third-order valence-corrected chi connectivity index (χ3v) is 5.68. The van der Waals surface area contributed by atoms with E-state index in [1.54, 1.807) is 0 Å². The lowest BCUT2D eigenvalue weighted by atomic mass is 9.83. The Morgan fingerprint density at radius 2 is 1.53 bits per heavy atom. The van der Waals surface area contributed by atoms with Crippen molar-refractivity contribution in [2.45, 2.75) is 5.60 Å². The van der Waals surface area contributed by atoms with Gasteiger partial charge in [-0.15, -0.1) is 0 Å². The highest BCUT2D eigenvalue weighted by Crippen LogP contribution is 2.34. The summed E-state index contributed by atoms with van der Waals surface area (Å²) in [6.45, 7) is 0. The Morgan fingerprint density at radius 3 is 2.10 bits per heavy atom. The summed E-state index contributed by atoms with van der Waals surface area (Å²) in [6, 6.07) is 27.3. The van der Waals surface area contributed by atoms with Crippen LogP contribution in [0.2, 0.25) is 0 Å². The molecule has 0 aliphatic carbocycles. The molecule has 0 bridgehead atoms. The Kier molecular flexibility index (Phi) is 5.66. The van der Waals surface area contributed by atoms with E-state index in [9.17, 15) is 5.11 Å². The van der Waals surface area contributed by atoms with Crippen molar-refractivity contribution < 1.29 is 9.67 Å². The fraction of sp³-hybridized carbons (Fsp3) is 0.120. The highest BCUT2D eigenvalue weighted by Gasteiger charge is 2.47. The Bertz CT molecular complexity index is 1150. The first-order valence-electron chi connectivity index (χ1n) is 9.69. The lowest BCUT2D eigenvalue weighted by Crippen LogP contribution is -2.49.